The average Bonchev–Trinajstić information content (AvgIpc) is 3.73. The molecule has 3 aromatic heterocycles. The highest BCUT2D eigenvalue weighted by atomic mass is 15.0. The Morgan fingerprint density at radius 3 is 1.31 bits per heavy atom. The van der Waals surface area contributed by atoms with Gasteiger partial charge in [0.15, 0.2) is 0 Å². The predicted octanol–water partition coefficient (Wildman–Crippen LogP) is 12.9. The zero-order valence-corrected chi connectivity index (χ0v) is 28.2. The summed E-state index contributed by atoms with van der Waals surface area (Å²) >= 11 is 0. The van der Waals surface area contributed by atoms with E-state index in [1.165, 1.54) is 65.8 Å². The minimum Gasteiger partial charge on any atom is -0.309 e. The van der Waals surface area contributed by atoms with E-state index in [1.54, 1.807) is 0 Å². The van der Waals surface area contributed by atoms with E-state index in [-0.39, 0.29) is 0 Å². The van der Waals surface area contributed by atoms with Crippen LogP contribution in [0.1, 0.15) is 0 Å². The smallest absolute Gasteiger partial charge is 0.0788 e. The van der Waals surface area contributed by atoms with Crippen LogP contribution in [-0.2, 0) is 0 Å². The zero-order valence-electron chi connectivity index (χ0n) is 28.2. The fraction of sp³-hybridized carbons (Fsp3) is 0. The molecule has 52 heavy (non-hydrogen) atoms. The van der Waals surface area contributed by atoms with Gasteiger partial charge in [-0.05, 0) is 89.3 Å². The molecule has 0 amide bonds. The molecule has 3 heteroatoms. The lowest BCUT2D eigenvalue weighted by atomic mass is 9.96. The van der Waals surface area contributed by atoms with Crippen molar-refractivity contribution in [2.45, 2.75) is 0 Å². The Balaban J connectivity index is 1.08. The molecule has 8 aromatic carbocycles. The summed E-state index contributed by atoms with van der Waals surface area (Å²) in [6, 6.07) is 67.8. The predicted molar refractivity (Wildman–Crippen MR) is 219 cm³/mol. The van der Waals surface area contributed by atoms with Gasteiger partial charge in [0.05, 0.1) is 33.3 Å². The second kappa shape index (κ2) is 11.3. The van der Waals surface area contributed by atoms with Crippen LogP contribution < -0.4 is 0 Å². The van der Waals surface area contributed by atoms with Crippen molar-refractivity contribution in [1.29, 1.82) is 0 Å². The summed E-state index contributed by atoms with van der Waals surface area (Å²) in [5.41, 5.74) is 12.6. The third-order valence-electron chi connectivity index (χ3n) is 10.7. The molecular weight excluding hydrogens is 631 g/mol. The van der Waals surface area contributed by atoms with E-state index >= 15 is 0 Å². The van der Waals surface area contributed by atoms with Crippen molar-refractivity contribution < 1.29 is 0 Å². The fourth-order valence-corrected chi connectivity index (χ4v) is 8.34. The standard InChI is InChI=1S/C49H31N3/c1-3-13-35(14-4-1)51-45-21-11-9-18-38(45)42-30-33(24-27-47(42)51)32-23-26-44-41(29-32)37-17-7-8-20-40(37)49(50-44)34-25-28-48-43(31-34)39-19-10-12-22-46(39)52(48)36-15-5-2-6-16-36/h1-31H. The molecule has 0 unspecified atom stereocenters. The van der Waals surface area contributed by atoms with Crippen LogP contribution in [0.25, 0.3) is 99.0 Å². The minimum atomic E-state index is 0.992. The SMILES string of the molecule is c1ccc(-n2c3ccccc3c3cc(-c4ccc5nc(-c6ccc7c(c6)c6ccccc6n7-c6ccccc6)c6ccccc6c5c4)ccc32)cc1. The molecule has 0 saturated carbocycles. The summed E-state index contributed by atoms with van der Waals surface area (Å²) in [6.07, 6.45) is 0. The molecule has 0 saturated heterocycles. The molecule has 11 aromatic rings. The number of rotatable bonds is 4. The van der Waals surface area contributed by atoms with Crippen LogP contribution in [0.4, 0.5) is 0 Å². The van der Waals surface area contributed by atoms with Gasteiger partial charge in [-0.1, -0.05) is 115 Å². The van der Waals surface area contributed by atoms with Crippen molar-refractivity contribution >= 4 is 65.3 Å². The first-order valence-corrected chi connectivity index (χ1v) is 17.8. The van der Waals surface area contributed by atoms with Crippen LogP contribution in [0.2, 0.25) is 0 Å². The Morgan fingerprint density at radius 2 is 0.712 bits per heavy atom. The molecule has 0 bridgehead atoms. The van der Waals surface area contributed by atoms with Crippen molar-refractivity contribution in [3.8, 4) is 33.8 Å². The summed E-state index contributed by atoms with van der Waals surface area (Å²) in [6.45, 7) is 0. The van der Waals surface area contributed by atoms with Crippen LogP contribution in [0, 0.1) is 0 Å². The lowest BCUT2D eigenvalue weighted by Crippen LogP contribution is -1.93. The molecule has 0 aliphatic carbocycles. The molecule has 3 nitrogen and oxygen atoms in total. The van der Waals surface area contributed by atoms with E-state index in [2.05, 4.69) is 197 Å². The number of aromatic nitrogens is 3. The maximum atomic E-state index is 5.38. The molecule has 0 atom stereocenters. The van der Waals surface area contributed by atoms with Crippen LogP contribution in [0.15, 0.2) is 188 Å². The molecule has 242 valence electrons. The highest BCUT2D eigenvalue weighted by molar-refractivity contribution is 6.15. The zero-order chi connectivity index (χ0) is 34.2. The quantitative estimate of drug-likeness (QED) is 0.172. The van der Waals surface area contributed by atoms with Gasteiger partial charge >= 0.3 is 0 Å². The summed E-state index contributed by atoms with van der Waals surface area (Å²) in [7, 11) is 0. The topological polar surface area (TPSA) is 22.8 Å². The van der Waals surface area contributed by atoms with Crippen LogP contribution in [0.5, 0.6) is 0 Å². The van der Waals surface area contributed by atoms with Gasteiger partial charge in [0.1, 0.15) is 0 Å². The van der Waals surface area contributed by atoms with Crippen LogP contribution in [0.3, 0.4) is 0 Å². The monoisotopic (exact) mass is 661 g/mol. The van der Waals surface area contributed by atoms with E-state index in [0.717, 1.165) is 33.2 Å². The number of pyridine rings is 1. The molecule has 11 rings (SSSR count). The summed E-state index contributed by atoms with van der Waals surface area (Å²) in [4.78, 5) is 5.38. The first-order valence-electron chi connectivity index (χ1n) is 17.8. The molecule has 0 N–H and O–H groups in total. The van der Waals surface area contributed by atoms with E-state index < -0.39 is 0 Å². The lowest BCUT2D eigenvalue weighted by molar-refractivity contribution is 1.18. The van der Waals surface area contributed by atoms with Gasteiger partial charge in [-0.15, -0.1) is 0 Å². The van der Waals surface area contributed by atoms with Crippen molar-refractivity contribution in [2.75, 3.05) is 0 Å². The van der Waals surface area contributed by atoms with Crippen molar-refractivity contribution in [2.24, 2.45) is 0 Å². The van der Waals surface area contributed by atoms with E-state index in [1.807, 2.05) is 0 Å². The molecule has 0 fully saturated rings. The van der Waals surface area contributed by atoms with E-state index in [9.17, 15) is 0 Å². The Labute approximate surface area is 300 Å². The number of para-hydroxylation sites is 4. The largest absolute Gasteiger partial charge is 0.309 e. The maximum Gasteiger partial charge on any atom is 0.0788 e. The van der Waals surface area contributed by atoms with Crippen LogP contribution >= 0.6 is 0 Å². The Morgan fingerprint density at radius 1 is 0.288 bits per heavy atom. The number of fused-ring (bicyclic) bond motifs is 9. The first-order chi connectivity index (χ1) is 25.8. The van der Waals surface area contributed by atoms with Crippen molar-refractivity contribution in [3.05, 3.63) is 188 Å². The third kappa shape index (κ3) is 4.30. The summed E-state index contributed by atoms with van der Waals surface area (Å²) in [5, 5.41) is 8.48. The Hall–Kier alpha value is -6.97. The Bertz CT molecular complexity index is 3170. The number of benzene rings is 8. The summed E-state index contributed by atoms with van der Waals surface area (Å²) in [5.74, 6) is 0. The van der Waals surface area contributed by atoms with Gasteiger partial charge in [0.25, 0.3) is 0 Å². The molecule has 0 aliphatic rings. The van der Waals surface area contributed by atoms with Gasteiger partial charge in [-0.25, -0.2) is 4.98 Å². The molecular formula is C49H31N3. The first kappa shape index (κ1) is 28.8. The van der Waals surface area contributed by atoms with Crippen molar-refractivity contribution in [1.82, 2.24) is 14.1 Å². The van der Waals surface area contributed by atoms with Crippen molar-refractivity contribution in [3.63, 3.8) is 0 Å². The average molecular weight is 662 g/mol. The van der Waals surface area contributed by atoms with Crippen LogP contribution in [-0.4, -0.2) is 14.1 Å². The highest BCUT2D eigenvalue weighted by Crippen LogP contribution is 2.40. The molecule has 0 aliphatic heterocycles. The second-order valence-electron chi connectivity index (χ2n) is 13.6. The molecule has 0 spiro atoms. The minimum absolute atomic E-state index is 0.992. The normalized spacial score (nSPS) is 11.8. The number of nitrogens with zero attached hydrogens (tertiary/aromatic N) is 3. The van der Waals surface area contributed by atoms with E-state index in [0.29, 0.717) is 0 Å². The lowest BCUT2D eigenvalue weighted by Gasteiger charge is -2.13. The highest BCUT2D eigenvalue weighted by Gasteiger charge is 2.17. The summed E-state index contributed by atoms with van der Waals surface area (Å²) < 4.78 is 4.73. The number of hydrogen-bond acceptors (Lipinski definition) is 1. The maximum absolute atomic E-state index is 5.38. The number of hydrogen-bond donors (Lipinski definition) is 0. The van der Waals surface area contributed by atoms with E-state index in [4.69, 9.17) is 4.98 Å². The van der Waals surface area contributed by atoms with Gasteiger partial charge < -0.3 is 9.13 Å². The second-order valence-corrected chi connectivity index (χ2v) is 13.6. The Kier molecular flexibility index (Phi) is 6.25. The molecule has 3 heterocycles. The van der Waals surface area contributed by atoms with Gasteiger partial charge in [-0.2, -0.15) is 0 Å². The fourth-order valence-electron chi connectivity index (χ4n) is 8.34. The van der Waals surface area contributed by atoms with Gasteiger partial charge in [0.2, 0.25) is 0 Å². The third-order valence-corrected chi connectivity index (χ3v) is 10.7. The molecule has 0 radical (unpaired) electrons. The van der Waals surface area contributed by atoms with Gasteiger partial charge in [0, 0.05) is 49.3 Å². The van der Waals surface area contributed by atoms with Gasteiger partial charge in [-0.3, -0.25) is 0 Å².